The number of nitrogens with zero attached hydrogens (tertiary/aromatic N) is 5. The number of ether oxygens (including phenoxy) is 3. The number of carbonyl (C=O) groups excluding carboxylic acids is 1. The molecule has 0 radical (unpaired) electrons. The molecule has 2 fully saturated rings. The highest BCUT2D eigenvalue weighted by atomic mass is 19.4. The van der Waals surface area contributed by atoms with Gasteiger partial charge in [0.1, 0.15) is 11.9 Å². The quantitative estimate of drug-likeness (QED) is 0.142. The van der Waals surface area contributed by atoms with Gasteiger partial charge in [0.15, 0.2) is 11.6 Å². The van der Waals surface area contributed by atoms with Gasteiger partial charge in [-0.25, -0.2) is 9.07 Å². The molecule has 11 nitrogen and oxygen atoms in total. The van der Waals surface area contributed by atoms with Crippen LogP contribution in [0.2, 0.25) is 0 Å². The molecule has 15 heteroatoms. The number of aromatic nitrogens is 4. The maximum atomic E-state index is 14.9. The van der Waals surface area contributed by atoms with Gasteiger partial charge in [-0.1, -0.05) is 18.2 Å². The highest BCUT2D eigenvalue weighted by Gasteiger charge is 2.46. The fourth-order valence-electron chi connectivity index (χ4n) is 6.72. The lowest BCUT2D eigenvalue weighted by Crippen LogP contribution is -2.41. The number of nitrogen functional groups attached to an aromatic ring is 1. The van der Waals surface area contributed by atoms with Crippen LogP contribution in [-0.4, -0.2) is 70.3 Å². The third kappa shape index (κ3) is 8.03. The Balaban J connectivity index is 1.28. The highest BCUT2D eigenvalue weighted by molar-refractivity contribution is 5.76. The highest BCUT2D eigenvalue weighted by Crippen LogP contribution is 2.43. The molecule has 51 heavy (non-hydrogen) atoms. The predicted octanol–water partition coefficient (Wildman–Crippen LogP) is 6.34. The molecule has 6 rings (SSSR count). The van der Waals surface area contributed by atoms with E-state index in [1.54, 1.807) is 46.0 Å². The van der Waals surface area contributed by atoms with E-state index < -0.39 is 18.1 Å². The second kappa shape index (κ2) is 14.4. The summed E-state index contributed by atoms with van der Waals surface area (Å²) in [5, 5.41) is 7.65. The van der Waals surface area contributed by atoms with Crippen molar-refractivity contribution in [3.05, 3.63) is 71.8 Å². The number of piperidine rings is 1. The van der Waals surface area contributed by atoms with Crippen molar-refractivity contribution in [1.29, 1.82) is 0 Å². The van der Waals surface area contributed by atoms with Gasteiger partial charge in [0.2, 0.25) is 17.9 Å². The fraction of sp³-hybridized carbons (Fsp3) is 0.444. The van der Waals surface area contributed by atoms with Crippen LogP contribution in [0.3, 0.4) is 0 Å². The number of benzene rings is 2. The first kappa shape index (κ1) is 35.9. The average Bonchev–Trinajstić information content (AvgIpc) is 3.70. The van der Waals surface area contributed by atoms with Gasteiger partial charge in [-0.2, -0.15) is 28.2 Å². The molecule has 2 saturated heterocycles. The molecule has 0 unspecified atom stereocenters. The molecule has 2 atom stereocenters. The summed E-state index contributed by atoms with van der Waals surface area (Å²) in [5.41, 5.74) is 7.24. The minimum atomic E-state index is -4.89. The standard InChI is InChI=1S/C36H41F4N7O4/c1-5-49-33(48)27-19-35(20-42-27)11-14-46(15-12-35)30-18-31(44-34(41)43-30)51-32(36(38,39)40)25-8-6-24(17-28(25)47-13-10-22(4)45-47)23-7-9-29(26(37)16-23)50-21(2)3/h6-10,13,16-18,21,27,32,42H,5,11-12,14-15,19-20H2,1-4H3,(H2,41,43,44)/t27-,32+/m0/s1. The summed E-state index contributed by atoms with van der Waals surface area (Å²) in [6.45, 7) is 9.12. The Bertz CT molecular complexity index is 1870. The van der Waals surface area contributed by atoms with Crippen LogP contribution in [0, 0.1) is 18.2 Å². The summed E-state index contributed by atoms with van der Waals surface area (Å²) >= 11 is 0. The van der Waals surface area contributed by atoms with E-state index in [9.17, 15) is 22.4 Å². The number of rotatable bonds is 10. The van der Waals surface area contributed by atoms with Crippen molar-refractivity contribution in [3.63, 3.8) is 0 Å². The first-order valence-electron chi connectivity index (χ1n) is 16.9. The van der Waals surface area contributed by atoms with E-state index in [4.69, 9.17) is 19.9 Å². The molecule has 3 N–H and O–H groups in total. The van der Waals surface area contributed by atoms with E-state index in [0.717, 1.165) is 12.8 Å². The second-order valence-electron chi connectivity index (χ2n) is 13.3. The van der Waals surface area contributed by atoms with Crippen LogP contribution < -0.4 is 25.4 Å². The molecule has 272 valence electrons. The molecular weight excluding hydrogens is 670 g/mol. The molecule has 0 bridgehead atoms. The minimum Gasteiger partial charge on any atom is -0.488 e. The fourth-order valence-corrected chi connectivity index (χ4v) is 6.72. The van der Waals surface area contributed by atoms with Crippen LogP contribution in [0.5, 0.6) is 11.6 Å². The number of carbonyl (C=O) groups is 1. The number of aryl methyl sites for hydroxylation is 1. The van der Waals surface area contributed by atoms with E-state index >= 15 is 0 Å². The van der Waals surface area contributed by atoms with Gasteiger partial charge < -0.3 is 30.2 Å². The average molecular weight is 712 g/mol. The van der Waals surface area contributed by atoms with Crippen molar-refractivity contribution < 1.29 is 36.6 Å². The third-order valence-corrected chi connectivity index (χ3v) is 9.23. The van der Waals surface area contributed by atoms with Crippen molar-refractivity contribution in [2.45, 2.75) is 71.4 Å². The van der Waals surface area contributed by atoms with Crippen LogP contribution in [0.4, 0.5) is 29.3 Å². The molecule has 0 aliphatic carbocycles. The number of esters is 1. The number of anilines is 2. The monoisotopic (exact) mass is 711 g/mol. The van der Waals surface area contributed by atoms with Gasteiger partial charge in [0, 0.05) is 37.5 Å². The number of hydrogen-bond acceptors (Lipinski definition) is 10. The molecule has 2 aliphatic rings. The number of nitrogens with one attached hydrogen (secondary N) is 1. The Kier molecular flexibility index (Phi) is 10.1. The van der Waals surface area contributed by atoms with Gasteiger partial charge in [0.05, 0.1) is 24.1 Å². The smallest absolute Gasteiger partial charge is 0.429 e. The van der Waals surface area contributed by atoms with Crippen molar-refractivity contribution in [3.8, 4) is 28.4 Å². The van der Waals surface area contributed by atoms with E-state index in [2.05, 4.69) is 20.4 Å². The number of nitrogens with two attached hydrogens (primary N) is 1. The number of alkyl halides is 3. The molecule has 2 aromatic carbocycles. The van der Waals surface area contributed by atoms with Crippen molar-refractivity contribution in [2.75, 3.05) is 36.9 Å². The van der Waals surface area contributed by atoms with Gasteiger partial charge in [-0.15, -0.1) is 0 Å². The Morgan fingerprint density at radius 3 is 2.43 bits per heavy atom. The van der Waals surface area contributed by atoms with Crippen LogP contribution in [0.15, 0.2) is 54.7 Å². The Hall–Kier alpha value is -4.92. The summed E-state index contributed by atoms with van der Waals surface area (Å²) in [7, 11) is 0. The molecule has 0 saturated carbocycles. The molecule has 2 aliphatic heterocycles. The SMILES string of the molecule is CCOC(=O)[C@@H]1CC2(CCN(c3cc(O[C@H](c4ccc(-c5ccc(OC(C)C)c(F)c5)cc4-n4ccc(C)n4)C(F)(F)F)nc(N)n3)CC2)CN1. The summed E-state index contributed by atoms with van der Waals surface area (Å²) in [5.74, 6) is -1.03. The lowest BCUT2D eigenvalue weighted by Gasteiger charge is -2.39. The van der Waals surface area contributed by atoms with Crippen LogP contribution >= 0.6 is 0 Å². The molecular formula is C36H41F4N7O4. The lowest BCUT2D eigenvalue weighted by molar-refractivity contribution is -0.198. The van der Waals surface area contributed by atoms with E-state index in [1.165, 1.54) is 41.1 Å². The second-order valence-corrected chi connectivity index (χ2v) is 13.3. The number of hydrogen-bond donors (Lipinski definition) is 2. The largest absolute Gasteiger partial charge is 0.488 e. The van der Waals surface area contributed by atoms with Crippen LogP contribution in [0.1, 0.15) is 57.4 Å². The van der Waals surface area contributed by atoms with Gasteiger partial charge in [-0.3, -0.25) is 4.79 Å². The van der Waals surface area contributed by atoms with E-state index in [1.807, 2.05) is 4.90 Å². The van der Waals surface area contributed by atoms with Crippen molar-refractivity contribution in [1.82, 2.24) is 25.1 Å². The Morgan fingerprint density at radius 2 is 1.78 bits per heavy atom. The maximum Gasteiger partial charge on any atom is 0.429 e. The Labute approximate surface area is 293 Å². The molecule has 0 amide bonds. The zero-order valence-corrected chi connectivity index (χ0v) is 28.8. The normalized spacial score (nSPS) is 17.9. The van der Waals surface area contributed by atoms with Gasteiger partial charge >= 0.3 is 12.1 Å². The molecule has 2 aromatic heterocycles. The van der Waals surface area contributed by atoms with Crippen LogP contribution in [0.25, 0.3) is 16.8 Å². The summed E-state index contributed by atoms with van der Waals surface area (Å²) in [4.78, 5) is 22.5. The predicted molar refractivity (Wildman–Crippen MR) is 182 cm³/mol. The van der Waals surface area contributed by atoms with E-state index in [-0.39, 0.29) is 52.4 Å². The Morgan fingerprint density at radius 1 is 1.06 bits per heavy atom. The van der Waals surface area contributed by atoms with E-state index in [0.29, 0.717) is 55.3 Å². The molecule has 1 spiro atoms. The maximum absolute atomic E-state index is 14.9. The van der Waals surface area contributed by atoms with Crippen molar-refractivity contribution in [2.24, 2.45) is 5.41 Å². The number of halogens is 4. The van der Waals surface area contributed by atoms with Crippen molar-refractivity contribution >= 4 is 17.7 Å². The zero-order valence-electron chi connectivity index (χ0n) is 28.8. The molecule has 4 aromatic rings. The van der Waals surface area contributed by atoms with Crippen LogP contribution in [-0.2, 0) is 9.53 Å². The zero-order chi connectivity index (χ0) is 36.5. The summed E-state index contributed by atoms with van der Waals surface area (Å²) < 4.78 is 77.4. The summed E-state index contributed by atoms with van der Waals surface area (Å²) in [6, 6.07) is 11.3. The van der Waals surface area contributed by atoms with Gasteiger partial charge in [0.25, 0.3) is 0 Å². The minimum absolute atomic E-state index is 0.0737. The lowest BCUT2D eigenvalue weighted by atomic mass is 9.76. The molecule has 4 heterocycles. The first-order chi connectivity index (χ1) is 24.2. The topological polar surface area (TPSA) is 130 Å². The first-order valence-corrected chi connectivity index (χ1v) is 16.9. The third-order valence-electron chi connectivity index (χ3n) is 9.23. The summed E-state index contributed by atoms with van der Waals surface area (Å²) in [6.07, 6.45) is -3.94. The van der Waals surface area contributed by atoms with Gasteiger partial charge in [-0.05, 0) is 87.8 Å².